The van der Waals surface area contributed by atoms with Crippen LogP contribution in [0, 0.1) is 5.92 Å². The summed E-state index contributed by atoms with van der Waals surface area (Å²) < 4.78 is 1.39. The fourth-order valence-electron chi connectivity index (χ4n) is 2.87. The van der Waals surface area contributed by atoms with Crippen LogP contribution >= 0.6 is 11.3 Å². The highest BCUT2D eigenvalue weighted by atomic mass is 32.1. The minimum absolute atomic E-state index is 0.113. The molecule has 0 aliphatic carbocycles. The van der Waals surface area contributed by atoms with Crippen LogP contribution in [0.3, 0.4) is 0 Å². The van der Waals surface area contributed by atoms with E-state index in [9.17, 15) is 14.4 Å². The summed E-state index contributed by atoms with van der Waals surface area (Å²) >= 11 is 1.24. The summed E-state index contributed by atoms with van der Waals surface area (Å²) in [5.74, 6) is -2.01. The Hall–Kier alpha value is -2.82. The Kier molecular flexibility index (Phi) is 5.26. The third kappa shape index (κ3) is 3.72. The molecule has 10 nitrogen and oxygen atoms in total. The molecule has 1 saturated heterocycles. The van der Waals surface area contributed by atoms with Crippen LogP contribution in [0.2, 0.25) is 0 Å². The number of thiophene rings is 1. The third-order valence-corrected chi connectivity index (χ3v) is 5.17. The number of carbonyl (C=O) groups excluding carboxylic acids is 2. The van der Waals surface area contributed by atoms with Crippen molar-refractivity contribution in [1.29, 1.82) is 0 Å². The Labute approximate surface area is 153 Å². The molecule has 2 aromatic heterocycles. The summed E-state index contributed by atoms with van der Waals surface area (Å²) in [6.07, 6.45) is 2.61. The number of carboxylic acid groups (broad SMARTS) is 1. The van der Waals surface area contributed by atoms with Gasteiger partial charge in [-0.1, -0.05) is 0 Å². The van der Waals surface area contributed by atoms with Crippen LogP contribution in [0.1, 0.15) is 22.5 Å². The summed E-state index contributed by atoms with van der Waals surface area (Å²) in [4.78, 5) is 39.6. The predicted octanol–water partition coefficient (Wildman–Crippen LogP) is 0.119. The van der Waals surface area contributed by atoms with Gasteiger partial charge in [0.05, 0.1) is 18.2 Å². The molecule has 0 bridgehead atoms. The van der Waals surface area contributed by atoms with Gasteiger partial charge in [0.1, 0.15) is 11.2 Å². The maximum atomic E-state index is 12.7. The molecule has 2 aromatic rings. The average molecular weight is 378 g/mol. The van der Waals surface area contributed by atoms with Gasteiger partial charge in [-0.3, -0.25) is 14.4 Å². The van der Waals surface area contributed by atoms with Crippen LogP contribution in [-0.4, -0.2) is 79.6 Å². The Morgan fingerprint density at radius 3 is 2.92 bits per heavy atom. The first-order valence-corrected chi connectivity index (χ1v) is 8.92. The van der Waals surface area contributed by atoms with Crippen LogP contribution in [-0.2, 0) is 9.59 Å². The maximum Gasteiger partial charge on any atom is 0.308 e. The van der Waals surface area contributed by atoms with Gasteiger partial charge < -0.3 is 14.9 Å². The van der Waals surface area contributed by atoms with E-state index in [1.807, 2.05) is 0 Å². The minimum atomic E-state index is -0.892. The van der Waals surface area contributed by atoms with E-state index >= 15 is 0 Å². The van der Waals surface area contributed by atoms with Gasteiger partial charge in [0.2, 0.25) is 5.91 Å². The number of likely N-dealkylation sites (tertiary alicyclic amines) is 1. The number of rotatable bonds is 5. The largest absolute Gasteiger partial charge is 0.481 e. The fourth-order valence-corrected chi connectivity index (χ4v) is 3.74. The molecule has 26 heavy (non-hydrogen) atoms. The van der Waals surface area contributed by atoms with Crippen molar-refractivity contribution in [3.05, 3.63) is 22.7 Å². The first-order valence-electron chi connectivity index (χ1n) is 8.04. The smallest absolute Gasteiger partial charge is 0.308 e. The molecule has 1 aliphatic heterocycles. The van der Waals surface area contributed by atoms with Crippen LogP contribution in [0.25, 0.3) is 5.69 Å². The van der Waals surface area contributed by atoms with Crippen molar-refractivity contribution in [3.8, 4) is 5.69 Å². The van der Waals surface area contributed by atoms with E-state index in [1.165, 1.54) is 32.1 Å². The molecular weight excluding hydrogens is 360 g/mol. The molecule has 0 radical (unpaired) electrons. The molecule has 1 aliphatic rings. The number of tetrazole rings is 1. The summed E-state index contributed by atoms with van der Waals surface area (Å²) in [6, 6.07) is 1.73. The lowest BCUT2D eigenvalue weighted by Gasteiger charge is -2.32. The van der Waals surface area contributed by atoms with E-state index in [1.54, 1.807) is 18.5 Å². The second-order valence-electron chi connectivity index (χ2n) is 6.07. The van der Waals surface area contributed by atoms with Gasteiger partial charge in [-0.2, -0.15) is 4.68 Å². The van der Waals surface area contributed by atoms with Gasteiger partial charge in [-0.15, -0.1) is 16.4 Å². The van der Waals surface area contributed by atoms with Crippen LogP contribution in [0.4, 0.5) is 0 Å². The van der Waals surface area contributed by atoms with Crippen LogP contribution < -0.4 is 0 Å². The topological polar surface area (TPSA) is 122 Å². The van der Waals surface area contributed by atoms with Crippen LogP contribution in [0.5, 0.6) is 0 Å². The second-order valence-corrected chi connectivity index (χ2v) is 6.98. The lowest BCUT2D eigenvalue weighted by Crippen LogP contribution is -2.46. The Bertz CT molecular complexity index is 805. The number of nitrogens with zero attached hydrogens (tertiary/aromatic N) is 6. The molecule has 0 aromatic carbocycles. The summed E-state index contributed by atoms with van der Waals surface area (Å²) in [6.45, 7) is 0.586. The standard InChI is InChI=1S/C15H18N6O4S/c1-19(8-12(22)20-5-2-3-10(7-20)15(24)25)14(23)13-11(4-6-26-13)21-9-16-17-18-21/h4,6,9-10H,2-3,5,7-8H2,1H3,(H,24,25). The molecule has 3 rings (SSSR count). The molecule has 1 fully saturated rings. The van der Waals surface area contributed by atoms with Gasteiger partial charge >= 0.3 is 5.97 Å². The lowest BCUT2D eigenvalue weighted by atomic mass is 9.98. The maximum absolute atomic E-state index is 12.7. The summed E-state index contributed by atoms with van der Waals surface area (Å²) in [7, 11) is 1.54. The van der Waals surface area contributed by atoms with Gasteiger partial charge in [0, 0.05) is 20.1 Å². The van der Waals surface area contributed by atoms with Crippen molar-refractivity contribution in [2.45, 2.75) is 12.8 Å². The van der Waals surface area contributed by atoms with Crippen molar-refractivity contribution in [1.82, 2.24) is 30.0 Å². The van der Waals surface area contributed by atoms with Gasteiger partial charge in [0.25, 0.3) is 5.91 Å². The number of amides is 2. The normalized spacial score (nSPS) is 17.1. The Morgan fingerprint density at radius 1 is 1.42 bits per heavy atom. The number of carbonyl (C=O) groups is 3. The SMILES string of the molecule is CN(CC(=O)N1CCCC(C(=O)O)C1)C(=O)c1sccc1-n1cnnn1. The van der Waals surface area contributed by atoms with E-state index in [2.05, 4.69) is 15.5 Å². The Morgan fingerprint density at radius 2 is 2.23 bits per heavy atom. The number of aromatic nitrogens is 4. The van der Waals surface area contributed by atoms with Crippen LogP contribution in [0.15, 0.2) is 17.8 Å². The predicted molar refractivity (Wildman–Crippen MR) is 90.9 cm³/mol. The fraction of sp³-hybridized carbons (Fsp3) is 0.467. The van der Waals surface area contributed by atoms with Crippen molar-refractivity contribution in [2.24, 2.45) is 5.92 Å². The summed E-state index contributed by atoms with van der Waals surface area (Å²) in [5, 5.41) is 21.8. The van der Waals surface area contributed by atoms with E-state index in [0.717, 1.165) is 0 Å². The third-order valence-electron chi connectivity index (χ3n) is 4.28. The van der Waals surface area contributed by atoms with E-state index in [-0.39, 0.29) is 24.9 Å². The van der Waals surface area contributed by atoms with Crippen molar-refractivity contribution in [3.63, 3.8) is 0 Å². The second kappa shape index (κ2) is 7.60. The van der Waals surface area contributed by atoms with Crippen molar-refractivity contribution >= 4 is 29.1 Å². The number of piperidine rings is 1. The molecular formula is C15H18N6O4S. The zero-order chi connectivity index (χ0) is 18.7. The van der Waals surface area contributed by atoms with E-state index in [4.69, 9.17) is 5.11 Å². The highest BCUT2D eigenvalue weighted by Crippen LogP contribution is 2.22. The Balaban J connectivity index is 1.66. The highest BCUT2D eigenvalue weighted by molar-refractivity contribution is 7.12. The van der Waals surface area contributed by atoms with Gasteiger partial charge in [-0.25, -0.2) is 0 Å². The highest BCUT2D eigenvalue weighted by Gasteiger charge is 2.29. The van der Waals surface area contributed by atoms with Crippen molar-refractivity contribution in [2.75, 3.05) is 26.7 Å². The molecule has 1 N–H and O–H groups in total. The molecule has 0 spiro atoms. The number of carboxylic acids is 1. The lowest BCUT2D eigenvalue weighted by molar-refractivity contribution is -0.145. The summed E-state index contributed by atoms with van der Waals surface area (Å²) in [5.41, 5.74) is 0.549. The van der Waals surface area contributed by atoms with Gasteiger partial charge in [-0.05, 0) is 34.7 Å². The number of likely N-dealkylation sites (N-methyl/N-ethyl adjacent to an activating group) is 1. The number of aliphatic carboxylic acids is 1. The molecule has 0 saturated carbocycles. The number of hydrogen-bond donors (Lipinski definition) is 1. The average Bonchev–Trinajstić information content (AvgIpc) is 3.32. The van der Waals surface area contributed by atoms with Crippen molar-refractivity contribution < 1.29 is 19.5 Å². The molecule has 2 amide bonds. The zero-order valence-corrected chi connectivity index (χ0v) is 14.9. The van der Waals surface area contributed by atoms with E-state index < -0.39 is 11.9 Å². The first-order chi connectivity index (χ1) is 12.5. The molecule has 1 unspecified atom stereocenters. The first kappa shape index (κ1) is 18.0. The molecule has 11 heteroatoms. The monoisotopic (exact) mass is 378 g/mol. The quantitative estimate of drug-likeness (QED) is 0.784. The minimum Gasteiger partial charge on any atom is -0.481 e. The molecule has 138 valence electrons. The van der Waals surface area contributed by atoms with E-state index in [0.29, 0.717) is 30.0 Å². The molecule has 1 atom stereocenters. The zero-order valence-electron chi connectivity index (χ0n) is 14.1. The molecule has 3 heterocycles. The number of hydrogen-bond acceptors (Lipinski definition) is 7. The van der Waals surface area contributed by atoms with Gasteiger partial charge in [0.15, 0.2) is 0 Å².